The maximum Gasteiger partial charge on any atom is 0.0665 e. The quantitative estimate of drug-likeness (QED) is 0.862. The van der Waals surface area contributed by atoms with Gasteiger partial charge in [-0.1, -0.05) is 26.0 Å². The first-order valence-electron chi connectivity index (χ1n) is 7.55. The number of hydrogen-bond acceptors (Lipinski definition) is 3. The lowest BCUT2D eigenvalue weighted by Gasteiger charge is -2.52. The Balaban J connectivity index is 1.91. The van der Waals surface area contributed by atoms with Gasteiger partial charge in [-0.15, -0.1) is 0 Å². The minimum Gasteiger partial charge on any atom is -0.382 e. The Kier molecular flexibility index (Phi) is 4.71. The molecule has 0 heterocycles. The molecule has 0 amide bonds. The molecule has 20 heavy (non-hydrogen) atoms. The van der Waals surface area contributed by atoms with Crippen LogP contribution in [0.5, 0.6) is 0 Å². The third-order valence-corrected chi connectivity index (χ3v) is 4.34. The van der Waals surface area contributed by atoms with E-state index in [4.69, 9.17) is 4.74 Å². The molecule has 2 atom stereocenters. The highest BCUT2D eigenvalue weighted by Crippen LogP contribution is 2.44. The van der Waals surface area contributed by atoms with Gasteiger partial charge in [0.05, 0.1) is 6.10 Å². The van der Waals surface area contributed by atoms with E-state index in [2.05, 4.69) is 69.3 Å². The second-order valence-electron chi connectivity index (χ2n) is 6.63. The SMILES string of the molecule is CCOC1CC(Nc2ccc(CN(C)C)cc2)C1(C)C. The Labute approximate surface area is 123 Å². The van der Waals surface area contributed by atoms with E-state index in [0.29, 0.717) is 12.1 Å². The van der Waals surface area contributed by atoms with E-state index < -0.39 is 0 Å². The first-order chi connectivity index (χ1) is 9.43. The largest absolute Gasteiger partial charge is 0.382 e. The van der Waals surface area contributed by atoms with E-state index >= 15 is 0 Å². The van der Waals surface area contributed by atoms with Crippen molar-refractivity contribution in [2.75, 3.05) is 26.0 Å². The molecule has 1 N–H and O–H groups in total. The summed E-state index contributed by atoms with van der Waals surface area (Å²) in [5.74, 6) is 0. The van der Waals surface area contributed by atoms with Crippen molar-refractivity contribution in [3.63, 3.8) is 0 Å². The van der Waals surface area contributed by atoms with Crippen molar-refractivity contribution in [2.24, 2.45) is 5.41 Å². The van der Waals surface area contributed by atoms with Crippen molar-refractivity contribution in [1.29, 1.82) is 0 Å². The van der Waals surface area contributed by atoms with Crippen molar-refractivity contribution < 1.29 is 4.74 Å². The minimum atomic E-state index is 0.207. The zero-order valence-electron chi connectivity index (χ0n) is 13.4. The smallest absolute Gasteiger partial charge is 0.0665 e. The molecule has 0 saturated heterocycles. The fourth-order valence-corrected chi connectivity index (χ4v) is 2.89. The number of ether oxygens (including phenoxy) is 1. The summed E-state index contributed by atoms with van der Waals surface area (Å²) in [6, 6.07) is 9.27. The average Bonchev–Trinajstić information content (AvgIpc) is 2.39. The van der Waals surface area contributed by atoms with Gasteiger partial charge in [0.15, 0.2) is 0 Å². The summed E-state index contributed by atoms with van der Waals surface area (Å²) in [4.78, 5) is 2.18. The first-order valence-corrected chi connectivity index (χ1v) is 7.55. The van der Waals surface area contributed by atoms with E-state index in [1.807, 2.05) is 0 Å². The molecule has 0 spiro atoms. The summed E-state index contributed by atoms with van der Waals surface area (Å²) in [5.41, 5.74) is 2.76. The van der Waals surface area contributed by atoms with Crippen LogP contribution in [-0.4, -0.2) is 37.7 Å². The average molecular weight is 276 g/mol. The molecule has 112 valence electrons. The molecule has 1 aromatic carbocycles. The van der Waals surface area contributed by atoms with Crippen LogP contribution in [0.15, 0.2) is 24.3 Å². The van der Waals surface area contributed by atoms with Crippen molar-refractivity contribution in [1.82, 2.24) is 4.90 Å². The highest BCUT2D eigenvalue weighted by Gasteiger charge is 2.48. The molecule has 3 heteroatoms. The molecule has 1 aromatic rings. The molecule has 1 fully saturated rings. The third kappa shape index (κ3) is 3.33. The molecule has 2 unspecified atom stereocenters. The zero-order chi connectivity index (χ0) is 14.8. The van der Waals surface area contributed by atoms with E-state index in [1.54, 1.807) is 0 Å². The molecule has 1 aliphatic rings. The van der Waals surface area contributed by atoms with Gasteiger partial charge in [0, 0.05) is 30.3 Å². The number of anilines is 1. The van der Waals surface area contributed by atoms with Gasteiger partial charge in [0.2, 0.25) is 0 Å². The number of hydrogen-bond donors (Lipinski definition) is 1. The predicted molar refractivity (Wildman–Crippen MR) is 85.1 cm³/mol. The van der Waals surface area contributed by atoms with Crippen LogP contribution < -0.4 is 5.32 Å². The van der Waals surface area contributed by atoms with Crippen LogP contribution in [0.4, 0.5) is 5.69 Å². The number of nitrogens with one attached hydrogen (secondary N) is 1. The summed E-state index contributed by atoms with van der Waals surface area (Å²) in [5, 5.41) is 3.64. The zero-order valence-corrected chi connectivity index (χ0v) is 13.4. The lowest BCUT2D eigenvalue weighted by atomic mass is 9.64. The Morgan fingerprint density at radius 1 is 1.25 bits per heavy atom. The van der Waals surface area contributed by atoms with Crippen LogP contribution in [0, 0.1) is 5.41 Å². The van der Waals surface area contributed by atoms with Gasteiger partial charge in [0.1, 0.15) is 0 Å². The lowest BCUT2D eigenvalue weighted by Crippen LogP contribution is -2.58. The maximum absolute atomic E-state index is 5.78. The fourth-order valence-electron chi connectivity index (χ4n) is 2.89. The van der Waals surface area contributed by atoms with E-state index in [-0.39, 0.29) is 5.41 Å². The van der Waals surface area contributed by atoms with Crippen molar-refractivity contribution >= 4 is 5.69 Å². The summed E-state index contributed by atoms with van der Waals surface area (Å²) in [6.07, 6.45) is 1.48. The number of benzene rings is 1. The molecule has 0 aromatic heterocycles. The monoisotopic (exact) mass is 276 g/mol. The standard InChI is InChI=1S/C17H28N2O/c1-6-20-16-11-15(17(16,2)3)18-14-9-7-13(8-10-14)12-19(4)5/h7-10,15-16,18H,6,11-12H2,1-5H3. The number of rotatable bonds is 6. The van der Waals surface area contributed by atoms with E-state index in [0.717, 1.165) is 19.6 Å². The van der Waals surface area contributed by atoms with Crippen LogP contribution >= 0.6 is 0 Å². The topological polar surface area (TPSA) is 24.5 Å². The normalized spacial score (nSPS) is 24.5. The molecule has 1 saturated carbocycles. The van der Waals surface area contributed by atoms with Gasteiger partial charge >= 0.3 is 0 Å². The minimum absolute atomic E-state index is 0.207. The van der Waals surface area contributed by atoms with Crippen molar-refractivity contribution in [3.8, 4) is 0 Å². The Hall–Kier alpha value is -1.06. The van der Waals surface area contributed by atoms with Crippen LogP contribution in [0.2, 0.25) is 0 Å². The highest BCUT2D eigenvalue weighted by molar-refractivity contribution is 5.46. The molecular formula is C17H28N2O. The van der Waals surface area contributed by atoms with Gasteiger partial charge in [0.25, 0.3) is 0 Å². The first kappa shape index (κ1) is 15.3. The molecule has 3 nitrogen and oxygen atoms in total. The number of nitrogens with zero attached hydrogens (tertiary/aromatic N) is 1. The molecule has 2 rings (SSSR count). The maximum atomic E-state index is 5.78. The van der Waals surface area contributed by atoms with Gasteiger partial charge in [-0.25, -0.2) is 0 Å². The Morgan fingerprint density at radius 2 is 1.90 bits per heavy atom. The van der Waals surface area contributed by atoms with E-state index in [9.17, 15) is 0 Å². The van der Waals surface area contributed by atoms with Crippen LogP contribution in [0.25, 0.3) is 0 Å². The fraction of sp³-hybridized carbons (Fsp3) is 0.647. The third-order valence-electron chi connectivity index (χ3n) is 4.34. The Bertz CT molecular complexity index is 425. The lowest BCUT2D eigenvalue weighted by molar-refractivity contribution is -0.0975. The van der Waals surface area contributed by atoms with Crippen molar-refractivity contribution in [3.05, 3.63) is 29.8 Å². The van der Waals surface area contributed by atoms with Crippen LogP contribution in [-0.2, 0) is 11.3 Å². The summed E-state index contributed by atoms with van der Waals surface area (Å²) in [6.45, 7) is 8.44. The van der Waals surface area contributed by atoms with Crippen LogP contribution in [0.1, 0.15) is 32.8 Å². The molecule has 0 radical (unpaired) electrons. The predicted octanol–water partition coefficient (Wildman–Crippen LogP) is 3.36. The molecule has 1 aliphatic carbocycles. The molecule has 0 bridgehead atoms. The second-order valence-corrected chi connectivity index (χ2v) is 6.63. The highest BCUT2D eigenvalue weighted by atomic mass is 16.5. The van der Waals surface area contributed by atoms with E-state index in [1.165, 1.54) is 11.3 Å². The summed E-state index contributed by atoms with van der Waals surface area (Å²) < 4.78 is 5.78. The van der Waals surface area contributed by atoms with Crippen molar-refractivity contribution in [2.45, 2.75) is 45.9 Å². The molecular weight excluding hydrogens is 248 g/mol. The second kappa shape index (κ2) is 6.15. The van der Waals surface area contributed by atoms with Crippen LogP contribution in [0.3, 0.4) is 0 Å². The van der Waals surface area contributed by atoms with Gasteiger partial charge in [-0.05, 0) is 45.1 Å². The van der Waals surface area contributed by atoms with Gasteiger partial charge in [-0.3, -0.25) is 0 Å². The summed E-state index contributed by atoms with van der Waals surface area (Å²) in [7, 11) is 4.19. The summed E-state index contributed by atoms with van der Waals surface area (Å²) >= 11 is 0. The van der Waals surface area contributed by atoms with Gasteiger partial charge < -0.3 is 15.0 Å². The Morgan fingerprint density at radius 3 is 2.40 bits per heavy atom. The van der Waals surface area contributed by atoms with Gasteiger partial charge in [-0.2, -0.15) is 0 Å². The molecule has 0 aliphatic heterocycles.